The predicted octanol–water partition coefficient (Wildman–Crippen LogP) is 5.89. The summed E-state index contributed by atoms with van der Waals surface area (Å²) >= 11 is 12.2. The number of carbonyl (C=O) groups is 2. The van der Waals surface area contributed by atoms with Crippen LogP contribution in [-0.2, 0) is 9.59 Å². The maximum atomic E-state index is 13.4. The smallest absolute Gasteiger partial charge is 0.238 e. The first-order valence-electron chi connectivity index (χ1n) is 9.16. The summed E-state index contributed by atoms with van der Waals surface area (Å²) in [5.74, 6) is -0.629. The molecule has 1 aliphatic heterocycles. The van der Waals surface area contributed by atoms with Gasteiger partial charge in [0.05, 0.1) is 11.6 Å². The van der Waals surface area contributed by atoms with Crippen molar-refractivity contribution in [3.05, 3.63) is 39.4 Å². The summed E-state index contributed by atoms with van der Waals surface area (Å²) in [6, 6.07) is 4.84. The molecule has 2 amide bonds. The normalized spacial score (nSPS) is 31.0. The van der Waals surface area contributed by atoms with E-state index in [1.165, 1.54) is 16.0 Å². The Morgan fingerprint density at radius 1 is 1.12 bits per heavy atom. The first-order chi connectivity index (χ1) is 12.1. The highest BCUT2D eigenvalue weighted by atomic mass is 35.5. The molecule has 140 valence electrons. The van der Waals surface area contributed by atoms with Gasteiger partial charge >= 0.3 is 0 Å². The van der Waals surface area contributed by atoms with Gasteiger partial charge in [0.25, 0.3) is 0 Å². The molecule has 0 radical (unpaired) electrons. The molecule has 0 aromatic heterocycles. The van der Waals surface area contributed by atoms with Gasteiger partial charge < -0.3 is 0 Å². The van der Waals surface area contributed by atoms with E-state index >= 15 is 0 Å². The number of carbonyl (C=O) groups excluding carboxylic acids is 2. The Hall–Kier alpha value is -1.32. The van der Waals surface area contributed by atoms with E-state index in [1.807, 2.05) is 6.92 Å². The summed E-state index contributed by atoms with van der Waals surface area (Å²) in [7, 11) is 0. The van der Waals surface area contributed by atoms with Gasteiger partial charge in [0, 0.05) is 21.4 Å². The van der Waals surface area contributed by atoms with Gasteiger partial charge in [0.1, 0.15) is 0 Å². The monoisotopic (exact) mass is 393 g/mol. The molecule has 26 heavy (non-hydrogen) atoms. The van der Waals surface area contributed by atoms with Gasteiger partial charge in [-0.2, -0.15) is 0 Å². The van der Waals surface area contributed by atoms with Gasteiger partial charge in [-0.25, -0.2) is 4.90 Å². The van der Waals surface area contributed by atoms with E-state index in [4.69, 9.17) is 23.2 Å². The van der Waals surface area contributed by atoms with Crippen LogP contribution in [0.5, 0.6) is 0 Å². The Kier molecular flexibility index (Phi) is 5.00. The van der Waals surface area contributed by atoms with E-state index in [0.29, 0.717) is 21.7 Å². The minimum Gasteiger partial charge on any atom is -0.274 e. The van der Waals surface area contributed by atoms with Crippen LogP contribution in [-0.4, -0.2) is 11.8 Å². The third-order valence-corrected chi connectivity index (χ3v) is 6.47. The number of rotatable bonds is 4. The molecular formula is C21H25Cl2NO2. The SMILES string of the molecule is CCCC1C(=C(C)C)C1(C)[C@@H]1C(=O)N(c2cc(Cl)cc(Cl)c2)C(=O)[C@@H]1C. The lowest BCUT2D eigenvalue weighted by Gasteiger charge is -2.21. The molecule has 3 rings (SSSR count). The Labute approximate surface area is 165 Å². The van der Waals surface area contributed by atoms with E-state index < -0.39 is 0 Å². The van der Waals surface area contributed by atoms with Crippen LogP contribution in [0.15, 0.2) is 29.3 Å². The molecule has 2 unspecified atom stereocenters. The summed E-state index contributed by atoms with van der Waals surface area (Å²) in [5, 5.41) is 0.825. The molecule has 1 saturated carbocycles. The topological polar surface area (TPSA) is 37.4 Å². The molecule has 1 aromatic rings. The number of allylic oxidation sites excluding steroid dienone is 2. The van der Waals surface area contributed by atoms with E-state index in [2.05, 4.69) is 27.7 Å². The number of halogens is 2. The third kappa shape index (κ3) is 2.80. The van der Waals surface area contributed by atoms with Crippen molar-refractivity contribution in [1.82, 2.24) is 0 Å². The van der Waals surface area contributed by atoms with Gasteiger partial charge in [-0.05, 0) is 44.4 Å². The van der Waals surface area contributed by atoms with Crippen molar-refractivity contribution in [1.29, 1.82) is 0 Å². The Balaban J connectivity index is 2.02. The lowest BCUT2D eigenvalue weighted by Crippen LogP contribution is -2.32. The standard InChI is InChI=1S/C21H25Cl2NO2/c1-6-7-16-17(11(2)3)21(16,5)18-12(4)19(25)24(20(18)26)15-9-13(22)8-14(23)10-15/h8-10,12,16,18H,6-7H2,1-5H3/t12-,16?,18+,21?/m1/s1. The number of hydrogen-bond acceptors (Lipinski definition) is 2. The second-order valence-electron chi connectivity index (χ2n) is 7.94. The first kappa shape index (κ1) is 19.4. The first-order valence-corrected chi connectivity index (χ1v) is 9.91. The molecule has 0 bridgehead atoms. The number of hydrogen-bond donors (Lipinski definition) is 0. The van der Waals surface area contributed by atoms with Crippen LogP contribution >= 0.6 is 23.2 Å². The van der Waals surface area contributed by atoms with Crippen LogP contribution < -0.4 is 4.90 Å². The molecule has 1 heterocycles. The lowest BCUT2D eigenvalue weighted by molar-refractivity contribution is -0.123. The number of nitrogens with zero attached hydrogens (tertiary/aromatic N) is 1. The molecule has 4 atom stereocenters. The zero-order chi connectivity index (χ0) is 19.4. The highest BCUT2D eigenvalue weighted by molar-refractivity contribution is 6.35. The Morgan fingerprint density at radius 3 is 2.19 bits per heavy atom. The van der Waals surface area contributed by atoms with Crippen LogP contribution in [0.25, 0.3) is 0 Å². The molecular weight excluding hydrogens is 369 g/mol. The lowest BCUT2D eigenvalue weighted by atomic mass is 9.80. The Morgan fingerprint density at radius 2 is 1.69 bits per heavy atom. The summed E-state index contributed by atoms with van der Waals surface area (Å²) < 4.78 is 0. The minimum absolute atomic E-state index is 0.138. The molecule has 3 nitrogen and oxygen atoms in total. The van der Waals surface area contributed by atoms with Crippen LogP contribution in [0.4, 0.5) is 5.69 Å². The van der Waals surface area contributed by atoms with Crippen molar-refractivity contribution in [2.45, 2.75) is 47.5 Å². The molecule has 2 aliphatic rings. The average molecular weight is 394 g/mol. The van der Waals surface area contributed by atoms with Crippen molar-refractivity contribution in [2.24, 2.45) is 23.2 Å². The molecule has 0 spiro atoms. The van der Waals surface area contributed by atoms with Crippen molar-refractivity contribution >= 4 is 40.7 Å². The van der Waals surface area contributed by atoms with Gasteiger partial charge in [-0.1, -0.05) is 61.5 Å². The van der Waals surface area contributed by atoms with Gasteiger partial charge in [-0.15, -0.1) is 0 Å². The highest BCUT2D eigenvalue weighted by Gasteiger charge is 2.67. The molecule has 1 aliphatic carbocycles. The average Bonchev–Trinajstić information content (AvgIpc) is 3.03. The maximum Gasteiger partial charge on any atom is 0.238 e. The predicted molar refractivity (Wildman–Crippen MR) is 106 cm³/mol. The number of imide groups is 1. The fourth-order valence-electron chi connectivity index (χ4n) is 5.05. The van der Waals surface area contributed by atoms with Crippen LogP contribution in [0.1, 0.15) is 47.5 Å². The van der Waals surface area contributed by atoms with Crippen LogP contribution in [0, 0.1) is 23.2 Å². The highest BCUT2D eigenvalue weighted by Crippen LogP contribution is 2.68. The fraction of sp³-hybridized carbons (Fsp3) is 0.524. The number of anilines is 1. The minimum atomic E-state index is -0.360. The van der Waals surface area contributed by atoms with E-state index in [1.54, 1.807) is 18.2 Å². The number of benzene rings is 1. The summed E-state index contributed by atoms with van der Waals surface area (Å²) in [6.07, 6.45) is 2.11. The molecule has 5 heteroatoms. The van der Waals surface area contributed by atoms with Crippen molar-refractivity contribution in [3.63, 3.8) is 0 Å². The van der Waals surface area contributed by atoms with Gasteiger partial charge in [0.2, 0.25) is 11.8 Å². The van der Waals surface area contributed by atoms with Crippen molar-refractivity contribution in [3.8, 4) is 0 Å². The van der Waals surface area contributed by atoms with E-state index in [-0.39, 0.29) is 29.1 Å². The molecule has 1 saturated heterocycles. The second kappa shape index (κ2) is 6.69. The van der Waals surface area contributed by atoms with Crippen molar-refractivity contribution in [2.75, 3.05) is 4.90 Å². The molecule has 2 fully saturated rings. The van der Waals surface area contributed by atoms with Crippen LogP contribution in [0.3, 0.4) is 0 Å². The summed E-state index contributed by atoms with van der Waals surface area (Å²) in [6.45, 7) is 10.4. The summed E-state index contributed by atoms with van der Waals surface area (Å²) in [5.41, 5.74) is 2.84. The second-order valence-corrected chi connectivity index (χ2v) is 8.82. The number of amides is 2. The van der Waals surface area contributed by atoms with Gasteiger partial charge in [0.15, 0.2) is 0 Å². The van der Waals surface area contributed by atoms with E-state index in [0.717, 1.165) is 12.8 Å². The zero-order valence-corrected chi connectivity index (χ0v) is 17.4. The largest absolute Gasteiger partial charge is 0.274 e. The quantitative estimate of drug-likeness (QED) is 0.472. The molecule has 0 N–H and O–H groups in total. The maximum absolute atomic E-state index is 13.4. The van der Waals surface area contributed by atoms with Crippen molar-refractivity contribution < 1.29 is 9.59 Å². The summed E-state index contributed by atoms with van der Waals surface area (Å²) in [4.78, 5) is 27.6. The molecule has 1 aromatic carbocycles. The fourth-order valence-corrected chi connectivity index (χ4v) is 5.56. The zero-order valence-electron chi connectivity index (χ0n) is 15.9. The van der Waals surface area contributed by atoms with E-state index in [9.17, 15) is 9.59 Å². The third-order valence-electron chi connectivity index (χ3n) is 6.03. The Bertz CT molecular complexity index is 792. The van der Waals surface area contributed by atoms with Crippen LogP contribution in [0.2, 0.25) is 10.0 Å². The van der Waals surface area contributed by atoms with Gasteiger partial charge in [-0.3, -0.25) is 9.59 Å².